The fourth-order valence-corrected chi connectivity index (χ4v) is 2.38. The Kier molecular flexibility index (Phi) is 4.53. The van der Waals surface area contributed by atoms with E-state index >= 15 is 0 Å². The molecule has 1 aromatic carbocycles. The van der Waals surface area contributed by atoms with Gasteiger partial charge in [0.1, 0.15) is 5.82 Å². The van der Waals surface area contributed by atoms with Crippen LogP contribution >= 0.6 is 0 Å². The van der Waals surface area contributed by atoms with Crippen molar-refractivity contribution in [1.82, 2.24) is 5.32 Å². The fraction of sp³-hybridized carbons (Fsp3) is 0.533. The van der Waals surface area contributed by atoms with Gasteiger partial charge in [-0.15, -0.1) is 0 Å². The molecule has 0 aromatic heterocycles. The molecule has 0 radical (unpaired) electrons. The maximum atomic E-state index is 13.8. The molecule has 2 N–H and O–H groups in total. The van der Waals surface area contributed by atoms with Gasteiger partial charge in [-0.05, 0) is 38.2 Å². The van der Waals surface area contributed by atoms with Crippen LogP contribution in [0.3, 0.4) is 0 Å². The SMILES string of the molecule is O=C(NCCCCCO)C1(c2ccccc2F)CC1. The molecular weight excluding hydrogens is 245 g/mol. The van der Waals surface area contributed by atoms with Gasteiger partial charge in [0.05, 0.1) is 5.41 Å². The highest BCUT2D eigenvalue weighted by Crippen LogP contribution is 2.49. The molecule has 104 valence electrons. The van der Waals surface area contributed by atoms with Crippen molar-refractivity contribution in [3.05, 3.63) is 35.6 Å². The van der Waals surface area contributed by atoms with E-state index in [1.165, 1.54) is 6.07 Å². The number of benzene rings is 1. The second kappa shape index (κ2) is 6.15. The van der Waals surface area contributed by atoms with Crippen LogP contribution in [0.4, 0.5) is 4.39 Å². The summed E-state index contributed by atoms with van der Waals surface area (Å²) >= 11 is 0. The Morgan fingerprint density at radius 2 is 2.00 bits per heavy atom. The van der Waals surface area contributed by atoms with Crippen LogP contribution in [0.2, 0.25) is 0 Å². The third kappa shape index (κ3) is 3.13. The third-order valence-electron chi connectivity index (χ3n) is 3.69. The molecule has 3 nitrogen and oxygen atoms in total. The number of unbranched alkanes of at least 4 members (excludes halogenated alkanes) is 2. The van der Waals surface area contributed by atoms with E-state index in [-0.39, 0.29) is 18.3 Å². The normalized spacial score (nSPS) is 16.1. The molecule has 4 heteroatoms. The lowest BCUT2D eigenvalue weighted by Crippen LogP contribution is -2.35. The number of aliphatic hydroxyl groups excluding tert-OH is 1. The monoisotopic (exact) mass is 265 g/mol. The van der Waals surface area contributed by atoms with E-state index in [1.54, 1.807) is 18.2 Å². The van der Waals surface area contributed by atoms with Crippen LogP contribution in [0.15, 0.2) is 24.3 Å². The number of hydrogen-bond acceptors (Lipinski definition) is 2. The van der Waals surface area contributed by atoms with Crippen LogP contribution in [0, 0.1) is 5.82 Å². The number of carbonyl (C=O) groups excluding carboxylic acids is 1. The smallest absolute Gasteiger partial charge is 0.230 e. The van der Waals surface area contributed by atoms with Crippen molar-refractivity contribution in [3.8, 4) is 0 Å². The van der Waals surface area contributed by atoms with Crippen molar-refractivity contribution in [3.63, 3.8) is 0 Å². The van der Waals surface area contributed by atoms with Gasteiger partial charge >= 0.3 is 0 Å². The quantitative estimate of drug-likeness (QED) is 0.742. The number of amides is 1. The summed E-state index contributed by atoms with van der Waals surface area (Å²) in [6, 6.07) is 6.52. The van der Waals surface area contributed by atoms with Crippen molar-refractivity contribution in [2.45, 2.75) is 37.5 Å². The largest absolute Gasteiger partial charge is 0.396 e. The zero-order valence-electron chi connectivity index (χ0n) is 11.0. The van der Waals surface area contributed by atoms with E-state index < -0.39 is 5.41 Å². The average Bonchev–Trinajstić information content (AvgIpc) is 3.20. The van der Waals surface area contributed by atoms with Crippen molar-refractivity contribution in [2.75, 3.05) is 13.2 Å². The molecule has 2 rings (SSSR count). The lowest BCUT2D eigenvalue weighted by atomic mass is 9.94. The first-order chi connectivity index (χ1) is 9.20. The summed E-state index contributed by atoms with van der Waals surface area (Å²) < 4.78 is 13.8. The summed E-state index contributed by atoms with van der Waals surface area (Å²) in [4.78, 5) is 12.2. The standard InChI is InChI=1S/C15H20FNO2/c16-13-7-3-2-6-12(13)15(8-9-15)14(19)17-10-4-1-5-11-18/h2-3,6-7,18H,1,4-5,8-11H2,(H,17,19). The lowest BCUT2D eigenvalue weighted by Gasteiger charge is -2.16. The molecule has 0 heterocycles. The summed E-state index contributed by atoms with van der Waals surface area (Å²) in [5.74, 6) is -0.364. The summed E-state index contributed by atoms with van der Waals surface area (Å²) in [5, 5.41) is 11.5. The van der Waals surface area contributed by atoms with Gasteiger partial charge in [-0.1, -0.05) is 18.2 Å². The first-order valence-electron chi connectivity index (χ1n) is 6.85. The van der Waals surface area contributed by atoms with Crippen molar-refractivity contribution in [1.29, 1.82) is 0 Å². The van der Waals surface area contributed by atoms with E-state index in [9.17, 15) is 9.18 Å². The van der Waals surface area contributed by atoms with Crippen LogP contribution < -0.4 is 5.32 Å². The molecule has 0 saturated heterocycles. The molecule has 19 heavy (non-hydrogen) atoms. The van der Waals surface area contributed by atoms with Gasteiger partial charge in [-0.3, -0.25) is 4.79 Å². The number of nitrogens with one attached hydrogen (secondary N) is 1. The Hall–Kier alpha value is -1.42. The average molecular weight is 265 g/mol. The maximum Gasteiger partial charge on any atom is 0.230 e. The molecule has 1 aromatic rings. The van der Waals surface area contributed by atoms with E-state index in [0.717, 1.165) is 32.1 Å². The molecule has 0 spiro atoms. The van der Waals surface area contributed by atoms with Crippen LogP contribution in [-0.2, 0) is 10.2 Å². The Morgan fingerprint density at radius 3 is 2.63 bits per heavy atom. The third-order valence-corrected chi connectivity index (χ3v) is 3.69. The first-order valence-corrected chi connectivity index (χ1v) is 6.85. The van der Waals surface area contributed by atoms with Gasteiger partial charge in [-0.2, -0.15) is 0 Å². The minimum absolute atomic E-state index is 0.0680. The summed E-state index contributed by atoms with van der Waals surface area (Å²) in [7, 11) is 0. The van der Waals surface area contributed by atoms with Crippen LogP contribution in [0.5, 0.6) is 0 Å². The van der Waals surface area contributed by atoms with Crippen molar-refractivity contribution < 1.29 is 14.3 Å². The minimum atomic E-state index is -0.637. The number of aliphatic hydroxyl groups is 1. The highest BCUT2D eigenvalue weighted by atomic mass is 19.1. The second-order valence-corrected chi connectivity index (χ2v) is 5.10. The molecule has 1 fully saturated rings. The van der Waals surface area contributed by atoms with Gasteiger partial charge in [0.2, 0.25) is 5.91 Å². The van der Waals surface area contributed by atoms with Crippen LogP contribution in [0.25, 0.3) is 0 Å². The van der Waals surface area contributed by atoms with E-state index in [0.29, 0.717) is 12.1 Å². The van der Waals surface area contributed by atoms with E-state index in [1.807, 2.05) is 0 Å². The molecular formula is C15H20FNO2. The second-order valence-electron chi connectivity index (χ2n) is 5.10. The summed E-state index contributed by atoms with van der Waals surface area (Å²) in [6.45, 7) is 0.780. The molecule has 0 bridgehead atoms. The highest BCUT2D eigenvalue weighted by molar-refractivity contribution is 5.91. The molecule has 1 amide bonds. The molecule has 0 aliphatic heterocycles. The lowest BCUT2D eigenvalue weighted by molar-refractivity contribution is -0.123. The number of carbonyl (C=O) groups is 1. The number of hydrogen-bond donors (Lipinski definition) is 2. The predicted octanol–water partition coefficient (Wildman–Crippen LogP) is 2.14. The van der Waals surface area contributed by atoms with E-state index in [2.05, 4.69) is 5.32 Å². The number of halogens is 1. The van der Waals surface area contributed by atoms with E-state index in [4.69, 9.17) is 5.11 Å². The van der Waals surface area contributed by atoms with Crippen molar-refractivity contribution in [2.24, 2.45) is 0 Å². The van der Waals surface area contributed by atoms with Gasteiger partial charge in [0.15, 0.2) is 0 Å². The Morgan fingerprint density at radius 1 is 1.26 bits per heavy atom. The molecule has 0 atom stereocenters. The first kappa shape index (κ1) is 14.0. The van der Waals surface area contributed by atoms with Crippen LogP contribution in [0.1, 0.15) is 37.7 Å². The topological polar surface area (TPSA) is 49.3 Å². The highest BCUT2D eigenvalue weighted by Gasteiger charge is 2.52. The van der Waals surface area contributed by atoms with Gasteiger partial charge in [0, 0.05) is 18.7 Å². The Bertz CT molecular complexity index is 444. The predicted molar refractivity (Wildman–Crippen MR) is 71.3 cm³/mol. The molecule has 1 aliphatic rings. The molecule has 0 unspecified atom stereocenters. The molecule has 1 aliphatic carbocycles. The van der Waals surface area contributed by atoms with Gasteiger partial charge in [-0.25, -0.2) is 4.39 Å². The number of rotatable bonds is 7. The fourth-order valence-electron chi connectivity index (χ4n) is 2.38. The molecule has 1 saturated carbocycles. The van der Waals surface area contributed by atoms with Crippen LogP contribution in [-0.4, -0.2) is 24.2 Å². The summed E-state index contributed by atoms with van der Waals surface area (Å²) in [6.07, 6.45) is 3.93. The van der Waals surface area contributed by atoms with Gasteiger partial charge < -0.3 is 10.4 Å². The zero-order chi connectivity index (χ0) is 13.7. The zero-order valence-corrected chi connectivity index (χ0v) is 11.0. The maximum absolute atomic E-state index is 13.8. The minimum Gasteiger partial charge on any atom is -0.396 e. The summed E-state index contributed by atoms with van der Waals surface area (Å²) in [5.41, 5.74) is -0.120. The Labute approximate surface area is 112 Å². The van der Waals surface area contributed by atoms with Crippen molar-refractivity contribution >= 4 is 5.91 Å². The Balaban J connectivity index is 1.90. The van der Waals surface area contributed by atoms with Gasteiger partial charge in [0.25, 0.3) is 0 Å².